The number of hydrogen-bond acceptors (Lipinski definition) is 3. The van der Waals surface area contributed by atoms with Crippen molar-refractivity contribution in [2.24, 2.45) is 5.73 Å². The van der Waals surface area contributed by atoms with Crippen molar-refractivity contribution in [3.05, 3.63) is 57.3 Å². The summed E-state index contributed by atoms with van der Waals surface area (Å²) in [6, 6.07) is 10.1. The number of halogens is 3. The van der Waals surface area contributed by atoms with Crippen molar-refractivity contribution in [2.45, 2.75) is 6.04 Å². The lowest BCUT2D eigenvalue weighted by Gasteiger charge is -2.19. The van der Waals surface area contributed by atoms with E-state index in [9.17, 15) is 4.39 Å². The minimum absolute atomic E-state index is 0.134. The van der Waals surface area contributed by atoms with Gasteiger partial charge in [-0.3, -0.25) is 0 Å². The number of nitrogens with one attached hydrogen (secondary N) is 1. The van der Waals surface area contributed by atoms with Crippen molar-refractivity contribution < 1.29 is 9.13 Å². The Labute approximate surface area is 136 Å². The number of nitrogens with two attached hydrogens (primary N) is 1. The van der Waals surface area contributed by atoms with E-state index in [-0.39, 0.29) is 11.9 Å². The highest BCUT2D eigenvalue weighted by Gasteiger charge is 2.12. The Morgan fingerprint density at radius 2 is 2.10 bits per heavy atom. The van der Waals surface area contributed by atoms with Crippen LogP contribution in [0.4, 0.5) is 10.1 Å². The third-order valence-corrected chi connectivity index (χ3v) is 3.98. The molecular weight excluding hydrogens is 359 g/mol. The summed E-state index contributed by atoms with van der Waals surface area (Å²) in [6.45, 7) is 0.373. The van der Waals surface area contributed by atoms with Crippen molar-refractivity contribution in [2.75, 3.05) is 19.0 Å². The summed E-state index contributed by atoms with van der Waals surface area (Å²) in [4.78, 5) is 0. The van der Waals surface area contributed by atoms with E-state index >= 15 is 0 Å². The van der Waals surface area contributed by atoms with Gasteiger partial charge in [0, 0.05) is 12.2 Å². The first-order chi connectivity index (χ1) is 10.0. The van der Waals surface area contributed by atoms with E-state index in [0.717, 1.165) is 11.3 Å². The van der Waals surface area contributed by atoms with Crippen LogP contribution in [0.1, 0.15) is 11.6 Å². The van der Waals surface area contributed by atoms with E-state index in [2.05, 4.69) is 21.2 Å². The fraction of sp³-hybridized carbons (Fsp3) is 0.200. The largest absolute Gasteiger partial charge is 0.495 e. The summed E-state index contributed by atoms with van der Waals surface area (Å²) in [5, 5.41) is 3.78. The van der Waals surface area contributed by atoms with Gasteiger partial charge < -0.3 is 15.8 Å². The molecule has 6 heteroatoms. The molecule has 1 unspecified atom stereocenters. The van der Waals surface area contributed by atoms with Gasteiger partial charge >= 0.3 is 0 Å². The minimum Gasteiger partial charge on any atom is -0.495 e. The zero-order valence-electron chi connectivity index (χ0n) is 11.4. The van der Waals surface area contributed by atoms with Crippen LogP contribution in [-0.4, -0.2) is 13.7 Å². The van der Waals surface area contributed by atoms with E-state index in [4.69, 9.17) is 22.1 Å². The summed E-state index contributed by atoms with van der Waals surface area (Å²) in [7, 11) is 1.57. The van der Waals surface area contributed by atoms with E-state index in [0.29, 0.717) is 21.8 Å². The van der Waals surface area contributed by atoms with Crippen molar-refractivity contribution in [1.29, 1.82) is 0 Å². The molecule has 0 radical (unpaired) electrons. The molecule has 0 saturated carbocycles. The summed E-state index contributed by atoms with van der Waals surface area (Å²) in [5.74, 6) is 0.304. The van der Waals surface area contributed by atoms with Crippen LogP contribution >= 0.6 is 27.5 Å². The summed E-state index contributed by atoms with van der Waals surface area (Å²) < 4.78 is 18.8. The molecule has 112 valence electrons. The van der Waals surface area contributed by atoms with E-state index < -0.39 is 0 Å². The minimum atomic E-state index is -0.308. The van der Waals surface area contributed by atoms with Crippen molar-refractivity contribution in [3.63, 3.8) is 0 Å². The monoisotopic (exact) mass is 372 g/mol. The van der Waals surface area contributed by atoms with Crippen molar-refractivity contribution >= 4 is 33.2 Å². The van der Waals surface area contributed by atoms with E-state index in [1.165, 1.54) is 6.07 Å². The number of hydrogen-bond donors (Lipinski definition) is 2. The maximum atomic E-state index is 13.2. The molecule has 2 aromatic carbocycles. The molecule has 1 atom stereocenters. The standard InChI is InChI=1S/C15H15BrClFN2O/c1-21-15-5-2-9(6-12(15)17)14(8-19)20-10-3-4-13(18)11(16)7-10/h2-7,14,20H,8,19H2,1H3. The molecule has 0 amide bonds. The maximum Gasteiger partial charge on any atom is 0.137 e. The van der Waals surface area contributed by atoms with Crippen LogP contribution in [0.2, 0.25) is 5.02 Å². The first kappa shape index (κ1) is 16.1. The van der Waals surface area contributed by atoms with Crippen LogP contribution in [0.25, 0.3) is 0 Å². The van der Waals surface area contributed by atoms with Gasteiger partial charge in [0.25, 0.3) is 0 Å². The van der Waals surface area contributed by atoms with Gasteiger partial charge in [0.05, 0.1) is 22.6 Å². The molecule has 0 bridgehead atoms. The van der Waals surface area contributed by atoms with Gasteiger partial charge in [0.15, 0.2) is 0 Å². The smallest absolute Gasteiger partial charge is 0.137 e. The van der Waals surface area contributed by atoms with Crippen LogP contribution in [-0.2, 0) is 0 Å². The second-order valence-corrected chi connectivity index (χ2v) is 5.72. The Bertz CT molecular complexity index is 639. The molecular formula is C15H15BrClFN2O. The lowest BCUT2D eigenvalue weighted by molar-refractivity contribution is 0.415. The van der Waals surface area contributed by atoms with Gasteiger partial charge in [0.1, 0.15) is 11.6 Å². The van der Waals surface area contributed by atoms with Crippen molar-refractivity contribution in [1.82, 2.24) is 0 Å². The molecule has 0 heterocycles. The lowest BCUT2D eigenvalue weighted by atomic mass is 10.1. The molecule has 2 rings (SSSR count). The average molecular weight is 374 g/mol. The van der Waals surface area contributed by atoms with Gasteiger partial charge in [-0.1, -0.05) is 17.7 Å². The third-order valence-electron chi connectivity index (χ3n) is 3.07. The Kier molecular flexibility index (Phi) is 5.45. The fourth-order valence-corrected chi connectivity index (χ4v) is 2.61. The maximum absolute atomic E-state index is 13.2. The summed E-state index contributed by atoms with van der Waals surface area (Å²) >= 11 is 9.29. The Balaban J connectivity index is 2.23. The lowest BCUT2D eigenvalue weighted by Crippen LogP contribution is -2.20. The molecule has 0 aliphatic rings. The first-order valence-corrected chi connectivity index (χ1v) is 7.47. The zero-order valence-corrected chi connectivity index (χ0v) is 13.7. The average Bonchev–Trinajstić information content (AvgIpc) is 2.48. The van der Waals surface area contributed by atoms with Crippen LogP contribution in [0, 0.1) is 5.82 Å². The number of rotatable bonds is 5. The quantitative estimate of drug-likeness (QED) is 0.818. The number of benzene rings is 2. The summed E-state index contributed by atoms with van der Waals surface area (Å²) in [6.07, 6.45) is 0. The predicted octanol–water partition coefficient (Wildman–Crippen LogP) is 4.36. The molecule has 0 aliphatic heterocycles. The van der Waals surface area contributed by atoms with E-state index in [1.54, 1.807) is 25.3 Å². The molecule has 3 nitrogen and oxygen atoms in total. The van der Waals surface area contributed by atoms with Crippen LogP contribution in [0.3, 0.4) is 0 Å². The van der Waals surface area contributed by atoms with Gasteiger partial charge in [-0.25, -0.2) is 4.39 Å². The highest BCUT2D eigenvalue weighted by atomic mass is 79.9. The topological polar surface area (TPSA) is 47.3 Å². The highest BCUT2D eigenvalue weighted by Crippen LogP contribution is 2.29. The SMILES string of the molecule is COc1ccc(C(CN)Nc2ccc(F)c(Br)c2)cc1Cl. The molecule has 0 saturated heterocycles. The van der Waals surface area contributed by atoms with Crippen molar-refractivity contribution in [3.8, 4) is 5.75 Å². The first-order valence-electron chi connectivity index (χ1n) is 6.30. The summed E-state index contributed by atoms with van der Waals surface area (Å²) in [5.41, 5.74) is 7.52. The zero-order chi connectivity index (χ0) is 15.4. The second kappa shape index (κ2) is 7.11. The normalized spacial score (nSPS) is 12.0. The predicted molar refractivity (Wildman–Crippen MR) is 87.5 cm³/mol. The van der Waals surface area contributed by atoms with E-state index in [1.807, 2.05) is 12.1 Å². The van der Waals surface area contributed by atoms with Gasteiger partial charge in [0.2, 0.25) is 0 Å². The number of methoxy groups -OCH3 is 1. The van der Waals surface area contributed by atoms with Crippen LogP contribution in [0.5, 0.6) is 5.75 Å². The van der Waals surface area contributed by atoms with Gasteiger partial charge in [-0.2, -0.15) is 0 Å². The molecule has 0 spiro atoms. The fourth-order valence-electron chi connectivity index (χ4n) is 1.96. The molecule has 0 fully saturated rings. The Hall–Kier alpha value is -1.30. The Morgan fingerprint density at radius 1 is 1.33 bits per heavy atom. The Morgan fingerprint density at radius 3 is 2.67 bits per heavy atom. The van der Waals surface area contributed by atoms with Crippen LogP contribution < -0.4 is 15.8 Å². The number of ether oxygens (including phenoxy) is 1. The third kappa shape index (κ3) is 3.87. The second-order valence-electron chi connectivity index (χ2n) is 4.46. The van der Waals surface area contributed by atoms with Gasteiger partial charge in [-0.05, 0) is 51.8 Å². The molecule has 3 N–H and O–H groups in total. The molecule has 21 heavy (non-hydrogen) atoms. The highest BCUT2D eigenvalue weighted by molar-refractivity contribution is 9.10. The van der Waals surface area contributed by atoms with Gasteiger partial charge in [-0.15, -0.1) is 0 Å². The van der Waals surface area contributed by atoms with Crippen LogP contribution in [0.15, 0.2) is 40.9 Å². The molecule has 2 aromatic rings. The molecule has 0 aliphatic carbocycles. The number of anilines is 1. The molecule has 0 aromatic heterocycles.